The number of carbonyl (C=O) groups is 2. The minimum atomic E-state index is -4.58. The van der Waals surface area contributed by atoms with E-state index in [-0.39, 0.29) is 11.4 Å². The number of nitrogens with zero attached hydrogens (tertiary/aromatic N) is 2. The number of carbonyl (C=O) groups excluding carboxylic acids is 1. The average molecular weight is 300 g/mol. The molecule has 2 heterocycles. The van der Waals surface area contributed by atoms with Gasteiger partial charge >= 0.3 is 12.1 Å². The van der Waals surface area contributed by atoms with Gasteiger partial charge in [-0.15, -0.1) is 0 Å². The van der Waals surface area contributed by atoms with Crippen LogP contribution in [0.2, 0.25) is 0 Å². The second kappa shape index (κ2) is 5.23. The number of imidazole rings is 1. The topological polar surface area (TPSA) is 108 Å². The van der Waals surface area contributed by atoms with Gasteiger partial charge in [0.2, 0.25) is 0 Å². The first-order valence-electron chi connectivity index (χ1n) is 5.40. The highest BCUT2D eigenvalue weighted by atomic mass is 19.4. The summed E-state index contributed by atoms with van der Waals surface area (Å²) < 4.78 is 37.0. The maximum atomic E-state index is 12.3. The Morgan fingerprint density at radius 3 is 2.48 bits per heavy atom. The number of carboxylic acids is 1. The lowest BCUT2D eigenvalue weighted by atomic mass is 10.3. The number of rotatable bonds is 3. The number of hydrogen-bond acceptors (Lipinski definition) is 4. The van der Waals surface area contributed by atoms with Crippen molar-refractivity contribution in [3.63, 3.8) is 0 Å². The minimum Gasteiger partial charge on any atom is -0.477 e. The van der Waals surface area contributed by atoms with Crippen LogP contribution in [-0.4, -0.2) is 31.9 Å². The Hall–Kier alpha value is -2.91. The van der Waals surface area contributed by atoms with Crippen molar-refractivity contribution in [1.29, 1.82) is 0 Å². The smallest absolute Gasteiger partial charge is 0.433 e. The summed E-state index contributed by atoms with van der Waals surface area (Å²) in [5, 5.41) is 11.0. The highest BCUT2D eigenvalue weighted by molar-refractivity contribution is 6.08. The molecule has 0 saturated carbocycles. The number of hydrogen-bond donors (Lipinski definition) is 3. The SMILES string of the molecule is O=C(Nc1ccc(C(F)(F)F)nc1)c1nc[nH]c1C(=O)O. The molecule has 0 unspecified atom stereocenters. The number of nitrogens with one attached hydrogen (secondary N) is 2. The van der Waals surface area contributed by atoms with Crippen LogP contribution >= 0.6 is 0 Å². The van der Waals surface area contributed by atoms with E-state index in [1.54, 1.807) is 0 Å². The first-order valence-corrected chi connectivity index (χ1v) is 5.40. The zero-order chi connectivity index (χ0) is 15.6. The molecular weight excluding hydrogens is 293 g/mol. The fourth-order valence-electron chi connectivity index (χ4n) is 1.46. The standard InChI is InChI=1S/C11H7F3N4O3/c12-11(13,14)6-2-1-5(3-15-6)18-9(19)7-8(10(20)21)17-4-16-7/h1-4H,(H,16,17)(H,18,19)(H,20,21). The molecule has 0 aliphatic carbocycles. The van der Waals surface area contributed by atoms with Gasteiger partial charge in [0, 0.05) is 0 Å². The van der Waals surface area contributed by atoms with Crippen molar-refractivity contribution in [3.05, 3.63) is 41.7 Å². The van der Waals surface area contributed by atoms with Crippen molar-refractivity contribution in [2.24, 2.45) is 0 Å². The lowest BCUT2D eigenvalue weighted by molar-refractivity contribution is -0.141. The fourth-order valence-corrected chi connectivity index (χ4v) is 1.46. The van der Waals surface area contributed by atoms with Gasteiger partial charge in [0.05, 0.1) is 18.2 Å². The molecule has 0 bridgehead atoms. The fraction of sp³-hybridized carbons (Fsp3) is 0.0909. The first kappa shape index (κ1) is 14.5. The number of aromatic carboxylic acids is 1. The van der Waals surface area contributed by atoms with Crippen molar-refractivity contribution in [3.8, 4) is 0 Å². The molecule has 0 fully saturated rings. The summed E-state index contributed by atoms with van der Waals surface area (Å²) >= 11 is 0. The number of aromatic amines is 1. The Balaban J connectivity index is 2.16. The summed E-state index contributed by atoms with van der Waals surface area (Å²) in [5.41, 5.74) is -1.94. The van der Waals surface area contributed by atoms with Gasteiger partial charge < -0.3 is 15.4 Å². The zero-order valence-corrected chi connectivity index (χ0v) is 10.1. The van der Waals surface area contributed by atoms with Crippen molar-refractivity contribution in [2.75, 3.05) is 5.32 Å². The molecule has 0 aliphatic rings. The van der Waals surface area contributed by atoms with E-state index in [4.69, 9.17) is 5.11 Å². The maximum Gasteiger partial charge on any atom is 0.433 e. The summed E-state index contributed by atoms with van der Waals surface area (Å²) in [4.78, 5) is 31.5. The monoisotopic (exact) mass is 300 g/mol. The van der Waals surface area contributed by atoms with Crippen LogP contribution in [0, 0.1) is 0 Å². The third-order valence-corrected chi connectivity index (χ3v) is 2.38. The van der Waals surface area contributed by atoms with Gasteiger partial charge in [-0.1, -0.05) is 0 Å². The molecule has 0 saturated heterocycles. The van der Waals surface area contributed by atoms with E-state index < -0.39 is 29.4 Å². The molecule has 0 spiro atoms. The van der Waals surface area contributed by atoms with Crippen LogP contribution < -0.4 is 5.32 Å². The molecule has 110 valence electrons. The largest absolute Gasteiger partial charge is 0.477 e. The Labute approximate surface area is 114 Å². The molecule has 3 N–H and O–H groups in total. The average Bonchev–Trinajstić information content (AvgIpc) is 2.87. The molecule has 21 heavy (non-hydrogen) atoms. The second-order valence-electron chi connectivity index (χ2n) is 3.82. The zero-order valence-electron chi connectivity index (χ0n) is 10.1. The van der Waals surface area contributed by atoms with Gasteiger partial charge in [-0.05, 0) is 12.1 Å². The molecular formula is C11H7F3N4O3. The van der Waals surface area contributed by atoms with Crippen molar-refractivity contribution in [1.82, 2.24) is 15.0 Å². The van der Waals surface area contributed by atoms with Crippen molar-refractivity contribution >= 4 is 17.6 Å². The molecule has 10 heteroatoms. The molecule has 2 rings (SSSR count). The molecule has 0 atom stereocenters. The third-order valence-electron chi connectivity index (χ3n) is 2.38. The highest BCUT2D eigenvalue weighted by Crippen LogP contribution is 2.27. The van der Waals surface area contributed by atoms with E-state index in [1.807, 2.05) is 0 Å². The Kier molecular flexibility index (Phi) is 3.61. The number of amides is 1. The van der Waals surface area contributed by atoms with Gasteiger partial charge in [-0.3, -0.25) is 4.79 Å². The first-order chi connectivity index (χ1) is 9.79. The number of anilines is 1. The van der Waals surface area contributed by atoms with E-state index in [2.05, 4.69) is 20.3 Å². The maximum absolute atomic E-state index is 12.3. The number of carboxylic acid groups (broad SMARTS) is 1. The van der Waals surface area contributed by atoms with Gasteiger partial charge in [-0.25, -0.2) is 14.8 Å². The predicted molar refractivity (Wildman–Crippen MR) is 62.7 cm³/mol. The lowest BCUT2D eigenvalue weighted by Gasteiger charge is -2.07. The molecule has 7 nitrogen and oxygen atoms in total. The summed E-state index contributed by atoms with van der Waals surface area (Å²) in [6, 6.07) is 1.69. The van der Waals surface area contributed by atoms with Gasteiger partial charge in [0.15, 0.2) is 11.4 Å². The van der Waals surface area contributed by atoms with Gasteiger partial charge in [-0.2, -0.15) is 13.2 Å². The van der Waals surface area contributed by atoms with Crippen molar-refractivity contribution in [2.45, 2.75) is 6.18 Å². The summed E-state index contributed by atoms with van der Waals surface area (Å²) in [6.45, 7) is 0. The van der Waals surface area contributed by atoms with Crippen LogP contribution in [-0.2, 0) is 6.18 Å². The number of H-pyrrole nitrogens is 1. The summed E-state index contributed by atoms with van der Waals surface area (Å²) in [7, 11) is 0. The van der Waals surface area contributed by atoms with Gasteiger partial charge in [0.1, 0.15) is 5.69 Å². The lowest BCUT2D eigenvalue weighted by Crippen LogP contribution is -2.17. The Bertz CT molecular complexity index is 679. The van der Waals surface area contributed by atoms with Gasteiger partial charge in [0.25, 0.3) is 5.91 Å². The molecule has 2 aromatic rings. The van der Waals surface area contributed by atoms with Crippen LogP contribution in [0.5, 0.6) is 0 Å². The number of alkyl halides is 3. The highest BCUT2D eigenvalue weighted by Gasteiger charge is 2.32. The normalized spacial score (nSPS) is 11.2. The number of pyridine rings is 1. The number of halogens is 3. The quantitative estimate of drug-likeness (QED) is 0.800. The predicted octanol–water partition coefficient (Wildman–Crippen LogP) is 1.77. The van der Waals surface area contributed by atoms with E-state index >= 15 is 0 Å². The Morgan fingerprint density at radius 2 is 1.95 bits per heavy atom. The van der Waals surface area contributed by atoms with E-state index in [1.165, 1.54) is 0 Å². The molecule has 1 amide bonds. The summed E-state index contributed by atoms with van der Waals surface area (Å²) in [6.07, 6.45) is -2.75. The second-order valence-corrected chi connectivity index (χ2v) is 3.82. The Morgan fingerprint density at radius 1 is 1.24 bits per heavy atom. The van der Waals surface area contributed by atoms with Crippen LogP contribution in [0.1, 0.15) is 26.7 Å². The van der Waals surface area contributed by atoms with Crippen LogP contribution in [0.25, 0.3) is 0 Å². The van der Waals surface area contributed by atoms with E-state index in [9.17, 15) is 22.8 Å². The molecule has 0 aromatic carbocycles. The van der Waals surface area contributed by atoms with E-state index in [0.717, 1.165) is 18.6 Å². The summed E-state index contributed by atoms with van der Waals surface area (Å²) in [5.74, 6) is -2.27. The molecule has 0 radical (unpaired) electrons. The molecule has 2 aromatic heterocycles. The van der Waals surface area contributed by atoms with E-state index in [0.29, 0.717) is 6.07 Å². The van der Waals surface area contributed by atoms with Crippen LogP contribution in [0.4, 0.5) is 18.9 Å². The third kappa shape index (κ3) is 3.16. The van der Waals surface area contributed by atoms with Crippen LogP contribution in [0.3, 0.4) is 0 Å². The molecule has 0 aliphatic heterocycles. The minimum absolute atomic E-state index is 0.0210. The van der Waals surface area contributed by atoms with Crippen LogP contribution in [0.15, 0.2) is 24.7 Å². The number of aromatic nitrogens is 3. The van der Waals surface area contributed by atoms with Crippen molar-refractivity contribution < 1.29 is 27.9 Å².